The van der Waals surface area contributed by atoms with Crippen LogP contribution in [0.15, 0.2) is 64.6 Å². The van der Waals surface area contributed by atoms with Gasteiger partial charge in [0.15, 0.2) is 5.11 Å². The first-order valence-corrected chi connectivity index (χ1v) is 9.47. The van der Waals surface area contributed by atoms with Crippen molar-refractivity contribution in [3.05, 3.63) is 65.7 Å². The molecule has 0 saturated heterocycles. The van der Waals surface area contributed by atoms with Gasteiger partial charge in [-0.15, -0.1) is 0 Å². The number of nitrogens with one attached hydrogen (secondary N) is 3. The number of thiocarbonyl (C=S) groups is 1. The Morgan fingerprint density at radius 1 is 1.08 bits per heavy atom. The van der Waals surface area contributed by atoms with Gasteiger partial charge in [-0.1, -0.05) is 42.5 Å². The quantitative estimate of drug-likeness (QED) is 0.408. The molecule has 0 radical (unpaired) electrons. The number of hydrazone groups is 1. The molecule has 0 amide bonds. The van der Waals surface area contributed by atoms with Gasteiger partial charge in [0.05, 0.1) is 10.6 Å². The van der Waals surface area contributed by atoms with Gasteiger partial charge in [-0.05, 0) is 42.4 Å². The zero-order valence-electron chi connectivity index (χ0n) is 14.0. The molecule has 0 heterocycles. The monoisotopic (exact) mass is 376 g/mol. The normalized spacial score (nSPS) is 11.8. The van der Waals surface area contributed by atoms with Crippen molar-refractivity contribution in [2.45, 2.75) is 18.4 Å². The standard InChI is InChI=1S/C17H20N4O2S2/c1-13(20-21-17(24)18-2)15-8-10-16(11-9-15)25(22,23)19-12-14-6-4-3-5-7-14/h3-11,19H,12H2,1-2H3,(H2,18,21,24)/b20-13-. The van der Waals surface area contributed by atoms with Crippen molar-refractivity contribution >= 4 is 33.1 Å². The lowest BCUT2D eigenvalue weighted by Gasteiger charge is -2.08. The van der Waals surface area contributed by atoms with E-state index in [0.29, 0.717) is 10.8 Å². The van der Waals surface area contributed by atoms with Crippen LogP contribution < -0.4 is 15.5 Å². The Kier molecular flexibility index (Phi) is 6.63. The van der Waals surface area contributed by atoms with Crippen LogP contribution in [-0.2, 0) is 16.6 Å². The molecular weight excluding hydrogens is 356 g/mol. The molecule has 2 aromatic rings. The smallest absolute Gasteiger partial charge is 0.240 e. The third-order valence-corrected chi connectivity index (χ3v) is 5.16. The van der Waals surface area contributed by atoms with E-state index in [-0.39, 0.29) is 11.4 Å². The summed E-state index contributed by atoms with van der Waals surface area (Å²) in [5.74, 6) is 0. The van der Waals surface area contributed by atoms with E-state index in [1.54, 1.807) is 31.3 Å². The van der Waals surface area contributed by atoms with Gasteiger partial charge < -0.3 is 5.32 Å². The zero-order chi connectivity index (χ0) is 18.3. The molecule has 8 heteroatoms. The predicted molar refractivity (Wildman–Crippen MR) is 104 cm³/mol. The summed E-state index contributed by atoms with van der Waals surface area (Å²) in [6, 6.07) is 15.9. The minimum Gasteiger partial charge on any atom is -0.364 e. The van der Waals surface area contributed by atoms with Crippen LogP contribution in [0.5, 0.6) is 0 Å². The molecule has 132 valence electrons. The molecule has 0 spiro atoms. The fourth-order valence-corrected chi connectivity index (χ4v) is 3.05. The highest BCUT2D eigenvalue weighted by Gasteiger charge is 2.13. The molecule has 0 saturated carbocycles. The van der Waals surface area contributed by atoms with Crippen LogP contribution in [0.3, 0.4) is 0 Å². The van der Waals surface area contributed by atoms with Crippen LogP contribution in [0.4, 0.5) is 0 Å². The van der Waals surface area contributed by atoms with Crippen LogP contribution >= 0.6 is 12.2 Å². The Balaban J connectivity index is 2.06. The van der Waals surface area contributed by atoms with Gasteiger partial charge >= 0.3 is 0 Å². The zero-order valence-corrected chi connectivity index (χ0v) is 15.6. The molecule has 2 aromatic carbocycles. The highest BCUT2D eigenvalue weighted by atomic mass is 32.2. The molecule has 0 fully saturated rings. The fraction of sp³-hybridized carbons (Fsp3) is 0.176. The molecule has 0 bridgehead atoms. The van der Waals surface area contributed by atoms with Gasteiger partial charge in [0.1, 0.15) is 0 Å². The van der Waals surface area contributed by atoms with Crippen molar-refractivity contribution in [2.24, 2.45) is 5.10 Å². The molecule has 0 aliphatic carbocycles. The van der Waals surface area contributed by atoms with E-state index >= 15 is 0 Å². The first-order chi connectivity index (χ1) is 11.9. The minimum absolute atomic E-state index is 0.207. The summed E-state index contributed by atoms with van der Waals surface area (Å²) in [4.78, 5) is 0.207. The number of nitrogens with zero attached hydrogens (tertiary/aromatic N) is 1. The maximum absolute atomic E-state index is 12.4. The largest absolute Gasteiger partial charge is 0.364 e. The van der Waals surface area contributed by atoms with Crippen molar-refractivity contribution in [3.63, 3.8) is 0 Å². The Hall–Kier alpha value is -2.29. The average Bonchev–Trinajstić information content (AvgIpc) is 2.65. The number of sulfonamides is 1. The molecule has 25 heavy (non-hydrogen) atoms. The minimum atomic E-state index is -3.57. The van der Waals surface area contributed by atoms with Crippen molar-refractivity contribution in [3.8, 4) is 0 Å². The second-order valence-corrected chi connectivity index (χ2v) is 7.40. The number of rotatable bonds is 6. The summed E-state index contributed by atoms with van der Waals surface area (Å²) >= 11 is 4.95. The molecule has 0 aliphatic rings. The summed E-state index contributed by atoms with van der Waals surface area (Å²) < 4.78 is 27.3. The summed E-state index contributed by atoms with van der Waals surface area (Å²) in [6.07, 6.45) is 0. The third kappa shape index (κ3) is 5.63. The molecule has 3 N–H and O–H groups in total. The molecule has 2 rings (SSSR count). The Morgan fingerprint density at radius 3 is 2.32 bits per heavy atom. The summed E-state index contributed by atoms with van der Waals surface area (Å²) in [5.41, 5.74) is 5.08. The van der Waals surface area contributed by atoms with Crippen molar-refractivity contribution in [1.82, 2.24) is 15.5 Å². The molecule has 0 aromatic heterocycles. The lowest BCUT2D eigenvalue weighted by molar-refractivity contribution is 0.581. The lowest BCUT2D eigenvalue weighted by Crippen LogP contribution is -2.29. The molecule has 6 nitrogen and oxygen atoms in total. The predicted octanol–water partition coefficient (Wildman–Crippen LogP) is 1.98. The van der Waals surface area contributed by atoms with Crippen LogP contribution in [0.2, 0.25) is 0 Å². The second kappa shape index (κ2) is 8.70. The van der Waals surface area contributed by atoms with Gasteiger partial charge in [0.25, 0.3) is 0 Å². The van der Waals surface area contributed by atoms with Crippen molar-refractivity contribution in [2.75, 3.05) is 7.05 Å². The van der Waals surface area contributed by atoms with Gasteiger partial charge in [0, 0.05) is 13.6 Å². The number of hydrogen-bond donors (Lipinski definition) is 3. The Morgan fingerprint density at radius 2 is 1.72 bits per heavy atom. The lowest BCUT2D eigenvalue weighted by atomic mass is 10.1. The molecule has 0 atom stereocenters. The molecular formula is C17H20N4O2S2. The Bertz CT molecular complexity index is 848. The summed E-state index contributed by atoms with van der Waals surface area (Å²) in [6.45, 7) is 2.05. The van der Waals surface area contributed by atoms with E-state index in [9.17, 15) is 8.42 Å². The van der Waals surface area contributed by atoms with Gasteiger partial charge in [-0.25, -0.2) is 13.1 Å². The van der Waals surface area contributed by atoms with E-state index in [2.05, 4.69) is 20.6 Å². The van der Waals surface area contributed by atoms with E-state index in [1.807, 2.05) is 37.3 Å². The fourth-order valence-electron chi connectivity index (χ4n) is 1.99. The second-order valence-electron chi connectivity index (χ2n) is 5.22. The van der Waals surface area contributed by atoms with E-state index in [1.165, 1.54) is 0 Å². The summed E-state index contributed by atoms with van der Waals surface area (Å²) in [7, 11) is -1.87. The Labute approximate surface area is 153 Å². The maximum atomic E-state index is 12.4. The summed E-state index contributed by atoms with van der Waals surface area (Å²) in [5, 5.41) is 7.29. The van der Waals surface area contributed by atoms with Crippen LogP contribution in [0, 0.1) is 0 Å². The molecule has 0 aliphatic heterocycles. The van der Waals surface area contributed by atoms with Crippen molar-refractivity contribution in [1.29, 1.82) is 0 Å². The van der Waals surface area contributed by atoms with E-state index in [4.69, 9.17) is 12.2 Å². The van der Waals surface area contributed by atoms with Gasteiger partial charge in [-0.2, -0.15) is 5.10 Å². The SMILES string of the molecule is CNC(=S)N/N=C(/C)c1ccc(S(=O)(=O)NCc2ccccc2)cc1. The topological polar surface area (TPSA) is 82.6 Å². The number of hydrogen-bond acceptors (Lipinski definition) is 4. The van der Waals surface area contributed by atoms with Crippen LogP contribution in [0.25, 0.3) is 0 Å². The van der Waals surface area contributed by atoms with E-state index in [0.717, 1.165) is 11.1 Å². The highest BCUT2D eigenvalue weighted by Crippen LogP contribution is 2.12. The maximum Gasteiger partial charge on any atom is 0.240 e. The highest BCUT2D eigenvalue weighted by molar-refractivity contribution is 7.89. The average molecular weight is 377 g/mol. The van der Waals surface area contributed by atoms with Crippen LogP contribution in [-0.4, -0.2) is 26.3 Å². The molecule has 0 unspecified atom stereocenters. The van der Waals surface area contributed by atoms with E-state index < -0.39 is 10.0 Å². The van der Waals surface area contributed by atoms with Gasteiger partial charge in [-0.3, -0.25) is 5.43 Å². The first-order valence-electron chi connectivity index (χ1n) is 7.58. The van der Waals surface area contributed by atoms with Gasteiger partial charge in [0.2, 0.25) is 10.0 Å². The van der Waals surface area contributed by atoms with Crippen LogP contribution in [0.1, 0.15) is 18.1 Å². The number of benzene rings is 2. The first kappa shape index (κ1) is 19.0. The van der Waals surface area contributed by atoms with Crippen molar-refractivity contribution < 1.29 is 8.42 Å². The third-order valence-electron chi connectivity index (χ3n) is 3.44.